The van der Waals surface area contributed by atoms with Gasteiger partial charge < -0.3 is 20.5 Å². The molecule has 0 radical (unpaired) electrons. The Morgan fingerprint density at radius 2 is 1.97 bits per heavy atom. The largest absolute Gasteiger partial charge is 0.477 e. The van der Waals surface area contributed by atoms with Gasteiger partial charge in [0.05, 0.1) is 6.04 Å². The molecule has 3 aliphatic rings. The van der Waals surface area contributed by atoms with Crippen molar-refractivity contribution in [3.8, 4) is 0 Å². The van der Waals surface area contributed by atoms with E-state index in [1.54, 1.807) is 19.1 Å². The number of aliphatic carboxylic acids is 1. The zero-order chi connectivity index (χ0) is 21.1. The van der Waals surface area contributed by atoms with Crippen molar-refractivity contribution < 1.29 is 29.0 Å². The second kappa shape index (κ2) is 6.29. The molecule has 0 bridgehead atoms. The minimum atomic E-state index is -1.51. The van der Waals surface area contributed by atoms with E-state index in [1.165, 1.54) is 29.1 Å². The molecule has 3 N–H and O–H groups in total. The predicted octanol–water partition coefficient (Wildman–Crippen LogP) is 0.192. The lowest BCUT2D eigenvalue weighted by atomic mass is 9.73. The van der Waals surface area contributed by atoms with Crippen LogP contribution in [-0.4, -0.2) is 62.4 Å². The summed E-state index contributed by atoms with van der Waals surface area (Å²) < 4.78 is 5.44. The number of aromatic nitrogens is 1. The maximum absolute atomic E-state index is 12.8. The zero-order valence-electron chi connectivity index (χ0n) is 15.9. The van der Waals surface area contributed by atoms with Crippen molar-refractivity contribution in [3.05, 3.63) is 41.4 Å². The summed E-state index contributed by atoms with van der Waals surface area (Å²) in [6, 6.07) is 2.16. The topological polar surface area (TPSA) is 143 Å². The van der Waals surface area contributed by atoms with Crippen molar-refractivity contribution in [2.24, 2.45) is 11.7 Å². The molecule has 1 unspecified atom stereocenters. The molecule has 3 amide bonds. The molecule has 152 valence electrons. The second-order valence-electron chi connectivity index (χ2n) is 7.60. The van der Waals surface area contributed by atoms with Gasteiger partial charge >= 0.3 is 12.1 Å². The number of amides is 3. The minimum Gasteiger partial charge on any atom is -0.477 e. The third-order valence-corrected chi connectivity index (χ3v) is 6.07. The van der Waals surface area contributed by atoms with Gasteiger partial charge in [-0.15, -0.1) is 0 Å². The Bertz CT molecular complexity index is 961. The molecule has 29 heavy (non-hydrogen) atoms. The fraction of sp³-hybridized carbons (Fsp3) is 0.421. The number of ether oxygens (including phenoxy) is 1. The molecule has 0 saturated carbocycles. The van der Waals surface area contributed by atoms with Gasteiger partial charge in [-0.3, -0.25) is 19.5 Å². The SMILES string of the molecule is CC(=O)N1C[C@H]2CC(C(C)(OC(N)=O)c3ccncc3)=C(C(=O)O)N3C(=O)[C@@H]1[C@@H]23. The van der Waals surface area contributed by atoms with E-state index < -0.39 is 35.7 Å². The quantitative estimate of drug-likeness (QED) is 0.687. The molecular weight excluding hydrogens is 380 g/mol. The lowest BCUT2D eigenvalue weighted by molar-refractivity contribution is -0.160. The van der Waals surface area contributed by atoms with Crippen molar-refractivity contribution in [2.75, 3.05) is 6.54 Å². The van der Waals surface area contributed by atoms with Gasteiger partial charge in [-0.1, -0.05) is 0 Å². The number of carboxylic acids is 1. The molecule has 4 heterocycles. The third-order valence-electron chi connectivity index (χ3n) is 6.07. The van der Waals surface area contributed by atoms with Gasteiger partial charge in [0.25, 0.3) is 5.91 Å². The Kier molecular flexibility index (Phi) is 4.10. The van der Waals surface area contributed by atoms with E-state index in [-0.39, 0.29) is 29.5 Å². The van der Waals surface area contributed by atoms with Gasteiger partial charge in [-0.2, -0.15) is 0 Å². The van der Waals surface area contributed by atoms with Crippen LogP contribution in [0.25, 0.3) is 0 Å². The smallest absolute Gasteiger partial charge is 0.405 e. The Labute approximate surface area is 165 Å². The summed E-state index contributed by atoms with van der Waals surface area (Å²) >= 11 is 0. The van der Waals surface area contributed by atoms with Crippen molar-refractivity contribution in [1.82, 2.24) is 14.8 Å². The molecule has 4 rings (SSSR count). The van der Waals surface area contributed by atoms with Gasteiger partial charge in [0, 0.05) is 42.9 Å². The molecule has 3 aliphatic heterocycles. The number of carbonyl (C=O) groups excluding carboxylic acids is 3. The number of β-lactam (4-membered cyclic amide) rings is 1. The lowest BCUT2D eigenvalue weighted by Crippen LogP contribution is -2.69. The van der Waals surface area contributed by atoms with Crippen LogP contribution in [0, 0.1) is 5.92 Å². The van der Waals surface area contributed by atoms with Crippen LogP contribution in [0.5, 0.6) is 0 Å². The third kappa shape index (κ3) is 2.59. The van der Waals surface area contributed by atoms with E-state index in [9.17, 15) is 24.3 Å². The molecule has 0 spiro atoms. The standard InChI is InChI=1S/C19H20N4O6/c1-9(24)22-8-10-7-12(14(17(26)27)23-13(10)15(22)16(23)25)19(2,29-18(20)28)11-3-5-21-6-4-11/h3-6,10,13,15H,7-8H2,1-2H3,(H2,20,28)(H,26,27)/t10-,13-,15+,19?/m1/s1. The van der Waals surface area contributed by atoms with Crippen molar-refractivity contribution in [2.45, 2.75) is 38.0 Å². The van der Waals surface area contributed by atoms with Crippen LogP contribution in [0.4, 0.5) is 4.79 Å². The average molecular weight is 400 g/mol. The number of likely N-dealkylation sites (tertiary alicyclic amines) is 1. The Hall–Kier alpha value is -3.43. The summed E-state index contributed by atoms with van der Waals surface area (Å²) in [5, 5.41) is 9.94. The predicted molar refractivity (Wildman–Crippen MR) is 96.8 cm³/mol. The fourth-order valence-corrected chi connectivity index (χ4v) is 4.85. The zero-order valence-corrected chi connectivity index (χ0v) is 15.9. The van der Waals surface area contributed by atoms with Gasteiger partial charge in [0.15, 0.2) is 5.60 Å². The highest BCUT2D eigenvalue weighted by Gasteiger charge is 2.65. The molecule has 0 aromatic carbocycles. The number of carboxylic acid groups (broad SMARTS) is 1. The lowest BCUT2D eigenvalue weighted by Gasteiger charge is -2.51. The summed E-state index contributed by atoms with van der Waals surface area (Å²) in [7, 11) is 0. The summed E-state index contributed by atoms with van der Waals surface area (Å²) in [4.78, 5) is 55.3. The van der Waals surface area contributed by atoms with Crippen LogP contribution in [0.1, 0.15) is 25.8 Å². The van der Waals surface area contributed by atoms with Gasteiger partial charge in [0.1, 0.15) is 11.7 Å². The molecule has 10 heteroatoms. The second-order valence-corrected chi connectivity index (χ2v) is 7.60. The number of nitrogens with zero attached hydrogens (tertiary/aromatic N) is 3. The average Bonchev–Trinajstić information content (AvgIpc) is 3.04. The number of hydrogen-bond acceptors (Lipinski definition) is 6. The Balaban J connectivity index is 1.87. The van der Waals surface area contributed by atoms with Crippen molar-refractivity contribution >= 4 is 23.9 Å². The van der Waals surface area contributed by atoms with Crippen molar-refractivity contribution in [3.63, 3.8) is 0 Å². The molecule has 10 nitrogen and oxygen atoms in total. The highest BCUT2D eigenvalue weighted by atomic mass is 16.6. The van der Waals surface area contributed by atoms with E-state index in [0.717, 1.165) is 0 Å². The Morgan fingerprint density at radius 1 is 1.31 bits per heavy atom. The Morgan fingerprint density at radius 3 is 2.52 bits per heavy atom. The van der Waals surface area contributed by atoms with Gasteiger partial charge in [0.2, 0.25) is 5.91 Å². The first kappa shape index (κ1) is 18.9. The van der Waals surface area contributed by atoms with Crippen LogP contribution in [0.15, 0.2) is 35.8 Å². The number of primary amides is 1. The molecule has 1 aromatic heterocycles. The molecular formula is C19H20N4O6. The highest BCUT2D eigenvalue weighted by Crippen LogP contribution is 2.51. The number of rotatable bonds is 4. The summed E-state index contributed by atoms with van der Waals surface area (Å²) in [5.41, 5.74) is 4.30. The molecule has 1 aromatic rings. The number of hydrogen-bond donors (Lipinski definition) is 2. The van der Waals surface area contributed by atoms with Crippen LogP contribution >= 0.6 is 0 Å². The first-order valence-electron chi connectivity index (χ1n) is 9.13. The van der Waals surface area contributed by atoms with Gasteiger partial charge in [-0.05, 0) is 25.5 Å². The molecule has 4 atom stereocenters. The maximum atomic E-state index is 12.8. The van der Waals surface area contributed by atoms with E-state index >= 15 is 0 Å². The van der Waals surface area contributed by atoms with Crippen LogP contribution in [0.2, 0.25) is 0 Å². The summed E-state index contributed by atoms with van der Waals surface area (Å²) in [6.45, 7) is 3.26. The number of carbonyl (C=O) groups is 4. The van der Waals surface area contributed by atoms with Crippen LogP contribution < -0.4 is 5.73 Å². The molecule has 2 fully saturated rings. The van der Waals surface area contributed by atoms with Crippen LogP contribution in [0.3, 0.4) is 0 Å². The van der Waals surface area contributed by atoms with Crippen molar-refractivity contribution in [1.29, 1.82) is 0 Å². The maximum Gasteiger partial charge on any atom is 0.405 e. The molecule has 2 saturated heterocycles. The van der Waals surface area contributed by atoms with Gasteiger partial charge in [-0.25, -0.2) is 9.59 Å². The normalized spacial score (nSPS) is 27.1. The number of pyridine rings is 1. The monoisotopic (exact) mass is 400 g/mol. The summed E-state index contributed by atoms with van der Waals surface area (Å²) in [6.07, 6.45) is 2.14. The van der Waals surface area contributed by atoms with E-state index in [0.29, 0.717) is 12.1 Å². The van der Waals surface area contributed by atoms with Crippen LogP contribution in [-0.2, 0) is 24.7 Å². The van der Waals surface area contributed by atoms with E-state index in [2.05, 4.69) is 4.98 Å². The number of nitrogens with two attached hydrogens (primary N) is 1. The van der Waals surface area contributed by atoms with E-state index in [4.69, 9.17) is 10.5 Å². The van der Waals surface area contributed by atoms with E-state index in [1.807, 2.05) is 0 Å². The minimum absolute atomic E-state index is 0.169. The first-order chi connectivity index (χ1) is 13.7. The first-order valence-corrected chi connectivity index (χ1v) is 9.13. The summed E-state index contributed by atoms with van der Waals surface area (Å²) in [5.74, 6) is -2.16. The highest BCUT2D eigenvalue weighted by molar-refractivity contribution is 6.02. The fourth-order valence-electron chi connectivity index (χ4n) is 4.85. The molecule has 0 aliphatic carbocycles.